The summed E-state index contributed by atoms with van der Waals surface area (Å²) in [4.78, 5) is 40.5. The monoisotopic (exact) mass is 433 g/mol. The van der Waals surface area contributed by atoms with Gasteiger partial charge < -0.3 is 10.2 Å². The van der Waals surface area contributed by atoms with Gasteiger partial charge >= 0.3 is 6.18 Å². The fourth-order valence-electron chi connectivity index (χ4n) is 2.63. The molecule has 0 atom stereocenters. The zero-order valence-electron chi connectivity index (χ0n) is 15.6. The van der Waals surface area contributed by atoms with Gasteiger partial charge in [0, 0.05) is 24.0 Å². The molecule has 3 aromatic rings. The highest BCUT2D eigenvalue weighted by Crippen LogP contribution is 2.30. The van der Waals surface area contributed by atoms with Crippen LogP contribution < -0.4 is 15.7 Å². The molecule has 1 amide bonds. The summed E-state index contributed by atoms with van der Waals surface area (Å²) in [7, 11) is 0. The minimum absolute atomic E-state index is 0.132. The Balaban J connectivity index is 1.76. The van der Waals surface area contributed by atoms with Gasteiger partial charge in [-0.2, -0.15) is 17.9 Å². The number of hydrogen-bond acceptors (Lipinski definition) is 5. The number of nitro benzene ring substituents is 1. The summed E-state index contributed by atoms with van der Waals surface area (Å²) < 4.78 is 39.2. The van der Waals surface area contributed by atoms with Crippen molar-refractivity contribution in [1.29, 1.82) is 0 Å². The second kappa shape index (κ2) is 8.69. The summed E-state index contributed by atoms with van der Waals surface area (Å²) in [5.74, 6) is -0.919. The fourth-order valence-corrected chi connectivity index (χ4v) is 2.63. The van der Waals surface area contributed by atoms with Crippen LogP contribution in [0.5, 0.6) is 0 Å². The number of benzene rings is 2. The normalized spacial score (nSPS) is 11.1. The van der Waals surface area contributed by atoms with Crippen molar-refractivity contribution >= 4 is 17.3 Å². The van der Waals surface area contributed by atoms with E-state index in [0.717, 1.165) is 22.9 Å². The standard InChI is InChI=1S/C20H14F3N3O5/c21-20(22,23)14-5-2-6-15(11-14)24-18(27)17-8-3-9-25(19(17)28)31-12-13-4-1-7-16(10-13)26(29)30/h1-11H,12H2,(H,24,27). The smallest absolute Gasteiger partial charge is 0.406 e. The lowest BCUT2D eigenvalue weighted by Crippen LogP contribution is -2.32. The Morgan fingerprint density at radius 3 is 2.55 bits per heavy atom. The minimum Gasteiger partial charge on any atom is -0.406 e. The van der Waals surface area contributed by atoms with Crippen LogP contribution in [0.2, 0.25) is 0 Å². The van der Waals surface area contributed by atoms with E-state index in [2.05, 4.69) is 5.32 Å². The average molecular weight is 433 g/mol. The van der Waals surface area contributed by atoms with Crippen LogP contribution in [0.15, 0.2) is 71.7 Å². The Hall–Kier alpha value is -4.15. The van der Waals surface area contributed by atoms with Crippen LogP contribution in [0.25, 0.3) is 0 Å². The Morgan fingerprint density at radius 1 is 1.10 bits per heavy atom. The molecular weight excluding hydrogens is 419 g/mol. The van der Waals surface area contributed by atoms with Gasteiger partial charge in [-0.3, -0.25) is 19.7 Å². The van der Waals surface area contributed by atoms with E-state index >= 15 is 0 Å². The molecule has 8 nitrogen and oxygen atoms in total. The molecule has 0 saturated carbocycles. The lowest BCUT2D eigenvalue weighted by molar-refractivity contribution is -0.384. The van der Waals surface area contributed by atoms with Crippen molar-refractivity contribution in [3.8, 4) is 0 Å². The van der Waals surface area contributed by atoms with Crippen molar-refractivity contribution < 1.29 is 27.7 Å². The van der Waals surface area contributed by atoms with Gasteiger partial charge in [0.15, 0.2) is 0 Å². The predicted molar refractivity (Wildman–Crippen MR) is 103 cm³/mol. The molecule has 0 bridgehead atoms. The Bertz CT molecular complexity index is 1190. The van der Waals surface area contributed by atoms with Crippen LogP contribution in [0, 0.1) is 10.1 Å². The van der Waals surface area contributed by atoms with E-state index in [-0.39, 0.29) is 23.5 Å². The summed E-state index contributed by atoms with van der Waals surface area (Å²) >= 11 is 0. The maximum Gasteiger partial charge on any atom is 0.416 e. The maximum atomic E-state index is 12.8. The van der Waals surface area contributed by atoms with Crippen molar-refractivity contribution in [2.45, 2.75) is 12.8 Å². The number of amides is 1. The summed E-state index contributed by atoms with van der Waals surface area (Å²) in [6.07, 6.45) is -3.35. The first-order valence-corrected chi connectivity index (χ1v) is 8.72. The first-order chi connectivity index (χ1) is 14.6. The van der Waals surface area contributed by atoms with Crippen molar-refractivity contribution in [1.82, 2.24) is 4.73 Å². The van der Waals surface area contributed by atoms with E-state index < -0.39 is 28.1 Å². The molecule has 0 radical (unpaired) electrons. The third-order valence-corrected chi connectivity index (χ3v) is 4.10. The minimum atomic E-state index is -4.58. The molecule has 0 aliphatic carbocycles. The van der Waals surface area contributed by atoms with Crippen molar-refractivity contribution in [3.63, 3.8) is 0 Å². The number of pyridine rings is 1. The molecule has 1 N–H and O–H groups in total. The number of hydrogen-bond donors (Lipinski definition) is 1. The number of aromatic nitrogens is 1. The van der Waals surface area contributed by atoms with E-state index in [1.807, 2.05) is 0 Å². The molecule has 2 aromatic carbocycles. The van der Waals surface area contributed by atoms with Gasteiger partial charge in [0.1, 0.15) is 12.2 Å². The second-order valence-electron chi connectivity index (χ2n) is 6.29. The highest BCUT2D eigenvalue weighted by molar-refractivity contribution is 6.04. The molecule has 3 rings (SSSR count). The van der Waals surface area contributed by atoms with E-state index in [1.165, 1.54) is 42.6 Å². The van der Waals surface area contributed by atoms with Crippen LogP contribution in [0.3, 0.4) is 0 Å². The fraction of sp³-hybridized carbons (Fsp3) is 0.100. The van der Waals surface area contributed by atoms with Crippen LogP contribution in [0.1, 0.15) is 21.5 Å². The van der Waals surface area contributed by atoms with Gasteiger partial charge in [-0.15, -0.1) is 0 Å². The molecule has 0 unspecified atom stereocenters. The van der Waals surface area contributed by atoms with Crippen molar-refractivity contribution in [2.24, 2.45) is 0 Å². The first-order valence-electron chi connectivity index (χ1n) is 8.72. The number of non-ortho nitro benzene ring substituents is 1. The third-order valence-electron chi connectivity index (χ3n) is 4.10. The number of halogens is 3. The summed E-state index contributed by atoms with van der Waals surface area (Å²) in [6, 6.07) is 12.1. The quantitative estimate of drug-likeness (QED) is 0.472. The molecule has 0 fully saturated rings. The van der Waals surface area contributed by atoms with Gasteiger partial charge in [0.25, 0.3) is 17.2 Å². The third kappa shape index (κ3) is 5.26. The van der Waals surface area contributed by atoms with Gasteiger partial charge in [-0.25, -0.2) is 0 Å². The molecule has 0 saturated heterocycles. The number of carbonyl (C=O) groups is 1. The first kappa shape index (κ1) is 21.6. The second-order valence-corrected chi connectivity index (χ2v) is 6.29. The molecule has 1 aromatic heterocycles. The van der Waals surface area contributed by atoms with Crippen molar-refractivity contribution in [3.05, 3.63) is 104 Å². The number of nitrogens with one attached hydrogen (secondary N) is 1. The van der Waals surface area contributed by atoms with E-state index in [9.17, 15) is 32.9 Å². The SMILES string of the molecule is O=C(Nc1cccc(C(F)(F)F)c1)c1cccn(OCc2cccc([N+](=O)[O-])c2)c1=O. The van der Waals surface area contributed by atoms with E-state index in [1.54, 1.807) is 6.07 Å². The van der Waals surface area contributed by atoms with E-state index in [4.69, 9.17) is 4.84 Å². The van der Waals surface area contributed by atoms with Gasteiger partial charge in [0.2, 0.25) is 0 Å². The number of nitrogens with zero attached hydrogens (tertiary/aromatic N) is 2. The predicted octanol–water partition coefficient (Wildman–Crippen LogP) is 3.66. The van der Waals surface area contributed by atoms with Crippen LogP contribution in [-0.4, -0.2) is 15.6 Å². The summed E-state index contributed by atoms with van der Waals surface area (Å²) in [6.45, 7) is -0.194. The maximum absolute atomic E-state index is 12.8. The van der Waals surface area contributed by atoms with Gasteiger partial charge in [-0.05, 0) is 35.9 Å². The van der Waals surface area contributed by atoms with Gasteiger partial charge in [0.05, 0.1) is 10.5 Å². The summed E-state index contributed by atoms with van der Waals surface area (Å²) in [5.41, 5.74) is -2.03. The summed E-state index contributed by atoms with van der Waals surface area (Å²) in [5, 5.41) is 13.1. The van der Waals surface area contributed by atoms with E-state index in [0.29, 0.717) is 5.56 Å². The number of anilines is 1. The van der Waals surface area contributed by atoms with Crippen LogP contribution >= 0.6 is 0 Å². The van der Waals surface area contributed by atoms with Crippen LogP contribution in [0.4, 0.5) is 24.5 Å². The Morgan fingerprint density at radius 2 is 1.84 bits per heavy atom. The molecule has 31 heavy (non-hydrogen) atoms. The van der Waals surface area contributed by atoms with Crippen LogP contribution in [-0.2, 0) is 12.8 Å². The zero-order chi connectivity index (χ0) is 22.6. The number of rotatable bonds is 6. The lowest BCUT2D eigenvalue weighted by atomic mass is 10.2. The highest BCUT2D eigenvalue weighted by atomic mass is 19.4. The molecule has 1 heterocycles. The molecular formula is C20H14F3N3O5. The zero-order valence-corrected chi connectivity index (χ0v) is 15.6. The average Bonchev–Trinajstić information content (AvgIpc) is 2.72. The molecule has 0 aliphatic heterocycles. The molecule has 160 valence electrons. The number of nitro groups is 1. The largest absolute Gasteiger partial charge is 0.416 e. The Labute approximate surface area is 172 Å². The van der Waals surface area contributed by atoms with Crippen molar-refractivity contribution in [2.75, 3.05) is 5.32 Å². The topological polar surface area (TPSA) is 103 Å². The Kier molecular flexibility index (Phi) is 6.05. The number of carbonyl (C=O) groups excluding carboxylic acids is 1. The van der Waals surface area contributed by atoms with Gasteiger partial charge in [-0.1, -0.05) is 18.2 Å². The lowest BCUT2D eigenvalue weighted by Gasteiger charge is -2.11. The highest BCUT2D eigenvalue weighted by Gasteiger charge is 2.30. The molecule has 11 heteroatoms. The number of alkyl halides is 3. The molecule has 0 aliphatic rings. The molecule has 0 spiro atoms.